The van der Waals surface area contributed by atoms with E-state index in [0.29, 0.717) is 11.1 Å². The molecule has 1 heterocycles. The second-order valence-electron chi connectivity index (χ2n) is 5.79. The van der Waals surface area contributed by atoms with Crippen LogP contribution in [0.4, 0.5) is 17.1 Å². The van der Waals surface area contributed by atoms with Crippen molar-refractivity contribution < 1.29 is 0 Å². The molecule has 0 aromatic heterocycles. The quantitative estimate of drug-likeness (QED) is 0.805. The Labute approximate surface area is 114 Å². The predicted molar refractivity (Wildman–Crippen MR) is 80.6 cm³/mol. The number of halogens is 1. The van der Waals surface area contributed by atoms with Gasteiger partial charge in [0.2, 0.25) is 0 Å². The van der Waals surface area contributed by atoms with Gasteiger partial charge in [-0.1, -0.05) is 25.4 Å². The summed E-state index contributed by atoms with van der Waals surface area (Å²) < 4.78 is 0. The third-order valence-electron chi connectivity index (χ3n) is 3.85. The molecule has 0 spiro atoms. The topological polar surface area (TPSA) is 41.3 Å². The minimum atomic E-state index is 0.447. The fraction of sp³-hybridized carbons (Fsp3) is 0.571. The third-order valence-corrected chi connectivity index (χ3v) is 4.15. The fourth-order valence-corrected chi connectivity index (χ4v) is 2.68. The van der Waals surface area contributed by atoms with Crippen molar-refractivity contribution in [2.75, 3.05) is 36.1 Å². The normalized spacial score (nSPS) is 18.8. The molecule has 0 amide bonds. The van der Waals surface area contributed by atoms with Gasteiger partial charge in [-0.15, -0.1) is 0 Å². The van der Waals surface area contributed by atoms with Crippen LogP contribution in [0, 0.1) is 5.41 Å². The van der Waals surface area contributed by atoms with Crippen LogP contribution in [-0.4, -0.2) is 20.1 Å². The molecule has 3 nitrogen and oxygen atoms in total. The molecule has 1 aliphatic rings. The van der Waals surface area contributed by atoms with Crippen LogP contribution >= 0.6 is 11.6 Å². The molecule has 0 bridgehead atoms. The maximum atomic E-state index is 6.31. The lowest BCUT2D eigenvalue weighted by atomic mass is 9.82. The molecule has 0 aliphatic carbocycles. The van der Waals surface area contributed by atoms with Gasteiger partial charge < -0.3 is 16.0 Å². The van der Waals surface area contributed by atoms with Crippen molar-refractivity contribution in [2.45, 2.75) is 26.7 Å². The van der Waals surface area contributed by atoms with Crippen molar-refractivity contribution in [1.82, 2.24) is 0 Å². The summed E-state index contributed by atoms with van der Waals surface area (Å²) in [6.07, 6.45) is 2.39. The molecule has 0 radical (unpaired) electrons. The van der Waals surface area contributed by atoms with E-state index in [1.54, 1.807) is 0 Å². The van der Waals surface area contributed by atoms with Crippen molar-refractivity contribution in [3.05, 3.63) is 17.2 Å². The lowest BCUT2D eigenvalue weighted by molar-refractivity contribution is 0.280. The van der Waals surface area contributed by atoms with Crippen LogP contribution in [0.3, 0.4) is 0 Å². The van der Waals surface area contributed by atoms with Crippen LogP contribution in [0.1, 0.15) is 26.7 Å². The summed E-state index contributed by atoms with van der Waals surface area (Å²) in [5, 5.41) is 3.85. The molecule has 0 unspecified atom stereocenters. The first kappa shape index (κ1) is 13.3. The van der Waals surface area contributed by atoms with E-state index >= 15 is 0 Å². The first-order chi connectivity index (χ1) is 8.43. The van der Waals surface area contributed by atoms with E-state index in [4.69, 9.17) is 17.3 Å². The van der Waals surface area contributed by atoms with Crippen molar-refractivity contribution in [2.24, 2.45) is 5.41 Å². The zero-order valence-corrected chi connectivity index (χ0v) is 12.1. The molecular weight excluding hydrogens is 246 g/mol. The van der Waals surface area contributed by atoms with Crippen LogP contribution < -0.4 is 16.0 Å². The Kier molecular flexibility index (Phi) is 3.62. The third kappa shape index (κ3) is 2.66. The van der Waals surface area contributed by atoms with Gasteiger partial charge in [0.1, 0.15) is 0 Å². The lowest BCUT2D eigenvalue weighted by Crippen LogP contribution is -2.37. The van der Waals surface area contributed by atoms with Gasteiger partial charge in [0.05, 0.1) is 22.1 Å². The number of nitrogens with two attached hydrogens (primary N) is 1. The maximum Gasteiger partial charge on any atom is 0.0661 e. The Morgan fingerprint density at radius 2 is 1.89 bits per heavy atom. The van der Waals surface area contributed by atoms with Crippen molar-refractivity contribution in [3.63, 3.8) is 0 Å². The minimum Gasteiger partial charge on any atom is -0.397 e. The van der Waals surface area contributed by atoms with E-state index in [2.05, 4.69) is 30.1 Å². The zero-order valence-electron chi connectivity index (χ0n) is 11.4. The van der Waals surface area contributed by atoms with Gasteiger partial charge in [-0.3, -0.25) is 0 Å². The minimum absolute atomic E-state index is 0.447. The lowest BCUT2D eigenvalue weighted by Gasteiger charge is -2.38. The standard InChI is InChI=1S/C14H22ClN3/c1-14(2)4-6-18(7-5-14)13-9-12(17-3)11(16)8-10(13)15/h8-9,17H,4-7,16H2,1-3H3. The van der Waals surface area contributed by atoms with Gasteiger partial charge in [-0.25, -0.2) is 0 Å². The van der Waals surface area contributed by atoms with E-state index in [-0.39, 0.29) is 0 Å². The number of benzene rings is 1. The molecule has 18 heavy (non-hydrogen) atoms. The van der Waals surface area contributed by atoms with Crippen LogP contribution in [-0.2, 0) is 0 Å². The monoisotopic (exact) mass is 267 g/mol. The number of hydrogen-bond donors (Lipinski definition) is 2. The number of hydrogen-bond acceptors (Lipinski definition) is 3. The Hall–Kier alpha value is -1.09. The molecule has 2 rings (SSSR count). The number of nitrogen functional groups attached to an aromatic ring is 1. The largest absolute Gasteiger partial charge is 0.397 e. The highest BCUT2D eigenvalue weighted by molar-refractivity contribution is 6.33. The maximum absolute atomic E-state index is 6.31. The van der Waals surface area contributed by atoms with Gasteiger partial charge in [0.15, 0.2) is 0 Å². The van der Waals surface area contributed by atoms with E-state index in [0.717, 1.165) is 29.5 Å². The molecular formula is C14H22ClN3. The van der Waals surface area contributed by atoms with Gasteiger partial charge in [0, 0.05) is 20.1 Å². The number of piperidine rings is 1. The molecule has 1 aromatic carbocycles. The highest BCUT2D eigenvalue weighted by Crippen LogP contribution is 2.38. The summed E-state index contributed by atoms with van der Waals surface area (Å²) >= 11 is 6.31. The number of nitrogens with zero attached hydrogens (tertiary/aromatic N) is 1. The highest BCUT2D eigenvalue weighted by atomic mass is 35.5. The smallest absolute Gasteiger partial charge is 0.0661 e. The summed E-state index contributed by atoms with van der Waals surface area (Å²) in [7, 11) is 1.88. The summed E-state index contributed by atoms with van der Waals surface area (Å²) in [6, 6.07) is 3.89. The van der Waals surface area contributed by atoms with Crippen LogP contribution in [0.15, 0.2) is 12.1 Å². The number of rotatable bonds is 2. The SMILES string of the molecule is CNc1cc(N2CCC(C)(C)CC2)c(Cl)cc1N. The van der Waals surface area contributed by atoms with E-state index < -0.39 is 0 Å². The predicted octanol–water partition coefficient (Wildman–Crippen LogP) is 3.59. The Balaban J connectivity index is 2.24. The molecule has 1 saturated heterocycles. The molecule has 0 atom stereocenters. The first-order valence-corrected chi connectivity index (χ1v) is 6.82. The molecule has 1 aliphatic heterocycles. The van der Waals surface area contributed by atoms with E-state index in [9.17, 15) is 0 Å². The average molecular weight is 268 g/mol. The summed E-state index contributed by atoms with van der Waals surface area (Å²) in [6.45, 7) is 6.77. The Bertz CT molecular complexity index is 433. The molecule has 4 heteroatoms. The van der Waals surface area contributed by atoms with E-state index in [1.165, 1.54) is 12.8 Å². The highest BCUT2D eigenvalue weighted by Gasteiger charge is 2.26. The van der Waals surface area contributed by atoms with Crippen LogP contribution in [0.5, 0.6) is 0 Å². The Morgan fingerprint density at radius 1 is 1.28 bits per heavy atom. The van der Waals surface area contributed by atoms with Gasteiger partial charge in [-0.2, -0.15) is 0 Å². The van der Waals surface area contributed by atoms with Crippen molar-refractivity contribution in [1.29, 1.82) is 0 Å². The molecule has 0 saturated carbocycles. The van der Waals surface area contributed by atoms with Crippen LogP contribution in [0.2, 0.25) is 5.02 Å². The second kappa shape index (κ2) is 4.88. The number of nitrogens with one attached hydrogen (secondary N) is 1. The van der Waals surface area contributed by atoms with Gasteiger partial charge in [0.25, 0.3) is 0 Å². The van der Waals surface area contributed by atoms with E-state index in [1.807, 2.05) is 13.1 Å². The van der Waals surface area contributed by atoms with Gasteiger partial charge >= 0.3 is 0 Å². The molecule has 3 N–H and O–H groups in total. The average Bonchev–Trinajstić information content (AvgIpc) is 2.30. The first-order valence-electron chi connectivity index (χ1n) is 6.45. The van der Waals surface area contributed by atoms with Crippen LogP contribution in [0.25, 0.3) is 0 Å². The molecule has 100 valence electrons. The van der Waals surface area contributed by atoms with Crippen molar-refractivity contribution in [3.8, 4) is 0 Å². The fourth-order valence-electron chi connectivity index (χ4n) is 2.39. The summed E-state index contributed by atoms with van der Waals surface area (Å²) in [5.74, 6) is 0. The molecule has 1 aromatic rings. The zero-order chi connectivity index (χ0) is 13.3. The number of anilines is 3. The summed E-state index contributed by atoms with van der Waals surface area (Å²) in [4.78, 5) is 2.36. The second-order valence-corrected chi connectivity index (χ2v) is 6.20. The Morgan fingerprint density at radius 3 is 2.44 bits per heavy atom. The van der Waals surface area contributed by atoms with Gasteiger partial charge in [-0.05, 0) is 30.4 Å². The van der Waals surface area contributed by atoms with Crippen molar-refractivity contribution >= 4 is 28.7 Å². The molecule has 1 fully saturated rings. The summed E-state index contributed by atoms with van der Waals surface area (Å²) in [5.41, 5.74) is 9.09.